The first kappa shape index (κ1) is 17.3. The summed E-state index contributed by atoms with van der Waals surface area (Å²) in [6, 6.07) is 11.9. The van der Waals surface area contributed by atoms with Crippen LogP contribution < -0.4 is 10.1 Å². The summed E-state index contributed by atoms with van der Waals surface area (Å²) in [5.74, 6) is -1.57. The van der Waals surface area contributed by atoms with Crippen LogP contribution >= 0.6 is 0 Å². The van der Waals surface area contributed by atoms with Gasteiger partial charge in [-0.3, -0.25) is 4.79 Å². The Balaban J connectivity index is 1.60. The van der Waals surface area contributed by atoms with Gasteiger partial charge in [-0.25, -0.2) is 4.39 Å². The van der Waals surface area contributed by atoms with Gasteiger partial charge in [-0.05, 0) is 30.0 Å². The summed E-state index contributed by atoms with van der Waals surface area (Å²) in [4.78, 5) is 12.2. The molecule has 2 unspecified atom stereocenters. The van der Waals surface area contributed by atoms with Gasteiger partial charge in [0.05, 0.1) is 0 Å². The number of nitrogens with one attached hydrogen (secondary N) is 1. The van der Waals surface area contributed by atoms with Gasteiger partial charge in [-0.15, -0.1) is 13.2 Å². The second kappa shape index (κ2) is 6.74. The van der Waals surface area contributed by atoms with Crippen LogP contribution in [0.3, 0.4) is 0 Å². The van der Waals surface area contributed by atoms with Gasteiger partial charge < -0.3 is 10.1 Å². The second-order valence-electron chi connectivity index (χ2n) is 5.84. The van der Waals surface area contributed by atoms with Crippen LogP contribution in [0.5, 0.6) is 5.75 Å². The molecule has 2 aromatic rings. The van der Waals surface area contributed by atoms with Crippen LogP contribution in [0.1, 0.15) is 23.5 Å². The zero-order chi connectivity index (χ0) is 18.0. The first-order valence-corrected chi connectivity index (χ1v) is 7.71. The Morgan fingerprint density at radius 2 is 1.80 bits per heavy atom. The summed E-state index contributed by atoms with van der Waals surface area (Å²) >= 11 is 0. The van der Waals surface area contributed by atoms with Crippen LogP contribution in [0.4, 0.5) is 17.6 Å². The van der Waals surface area contributed by atoms with Crippen molar-refractivity contribution in [2.24, 2.45) is 5.92 Å². The number of rotatable bonds is 5. The molecule has 0 aromatic heterocycles. The molecule has 25 heavy (non-hydrogen) atoms. The Morgan fingerprint density at radius 1 is 1.12 bits per heavy atom. The average Bonchev–Trinajstić information content (AvgIpc) is 3.33. The molecule has 0 saturated heterocycles. The highest BCUT2D eigenvalue weighted by Gasteiger charge is 2.45. The molecule has 1 amide bonds. The van der Waals surface area contributed by atoms with Crippen molar-refractivity contribution in [3.8, 4) is 5.75 Å². The van der Waals surface area contributed by atoms with Crippen molar-refractivity contribution in [2.45, 2.75) is 25.2 Å². The minimum absolute atomic E-state index is 0.0917. The van der Waals surface area contributed by atoms with E-state index >= 15 is 0 Å². The number of hydrogen-bond acceptors (Lipinski definition) is 2. The maximum atomic E-state index is 13.7. The quantitative estimate of drug-likeness (QED) is 0.821. The predicted molar refractivity (Wildman–Crippen MR) is 82.2 cm³/mol. The van der Waals surface area contributed by atoms with Crippen LogP contribution in [0.2, 0.25) is 0 Å². The molecule has 0 spiro atoms. The van der Waals surface area contributed by atoms with Crippen molar-refractivity contribution >= 4 is 5.91 Å². The molecule has 1 N–H and O–H groups in total. The summed E-state index contributed by atoms with van der Waals surface area (Å²) in [6.45, 7) is -0.0917. The number of ether oxygens (including phenoxy) is 1. The normalized spacial score (nSPS) is 19.4. The van der Waals surface area contributed by atoms with E-state index in [1.807, 2.05) is 0 Å². The predicted octanol–water partition coefficient (Wildman–Crippen LogP) is 4.14. The van der Waals surface area contributed by atoms with Gasteiger partial charge in [0.15, 0.2) is 0 Å². The van der Waals surface area contributed by atoms with Crippen molar-refractivity contribution in [3.63, 3.8) is 0 Å². The topological polar surface area (TPSA) is 38.3 Å². The zero-order valence-corrected chi connectivity index (χ0v) is 13.0. The SMILES string of the molecule is O=C(NCc1ccccc1OC(F)(F)F)C1CC1c1ccccc1F. The lowest BCUT2D eigenvalue weighted by Crippen LogP contribution is -2.26. The van der Waals surface area contributed by atoms with E-state index in [2.05, 4.69) is 10.1 Å². The Hall–Kier alpha value is -2.57. The Morgan fingerprint density at radius 3 is 2.52 bits per heavy atom. The van der Waals surface area contributed by atoms with E-state index in [1.54, 1.807) is 24.3 Å². The molecule has 0 bridgehead atoms. The summed E-state index contributed by atoms with van der Waals surface area (Å²) in [7, 11) is 0. The fourth-order valence-corrected chi connectivity index (χ4v) is 2.79. The van der Waals surface area contributed by atoms with Crippen molar-refractivity contribution in [1.82, 2.24) is 5.32 Å². The maximum absolute atomic E-state index is 13.7. The lowest BCUT2D eigenvalue weighted by Gasteiger charge is -2.13. The van der Waals surface area contributed by atoms with Crippen molar-refractivity contribution < 1.29 is 27.1 Å². The van der Waals surface area contributed by atoms with E-state index in [1.165, 1.54) is 24.3 Å². The number of alkyl halides is 3. The molecule has 1 saturated carbocycles. The van der Waals surface area contributed by atoms with Crippen LogP contribution in [-0.2, 0) is 11.3 Å². The van der Waals surface area contributed by atoms with Crippen LogP contribution in [0, 0.1) is 11.7 Å². The Labute approximate surface area is 141 Å². The van der Waals surface area contributed by atoms with E-state index in [-0.39, 0.29) is 41.4 Å². The third-order valence-electron chi connectivity index (χ3n) is 4.08. The first-order valence-electron chi connectivity index (χ1n) is 7.71. The molecular weight excluding hydrogens is 338 g/mol. The summed E-state index contributed by atoms with van der Waals surface area (Å²) in [6.07, 6.45) is -4.28. The lowest BCUT2D eigenvalue weighted by molar-refractivity contribution is -0.274. The maximum Gasteiger partial charge on any atom is 0.573 e. The number of carbonyl (C=O) groups excluding carboxylic acids is 1. The number of para-hydroxylation sites is 1. The fourth-order valence-electron chi connectivity index (χ4n) is 2.79. The average molecular weight is 353 g/mol. The van der Waals surface area contributed by atoms with Crippen LogP contribution in [0.25, 0.3) is 0 Å². The summed E-state index contributed by atoms with van der Waals surface area (Å²) in [5, 5.41) is 2.60. The summed E-state index contributed by atoms with van der Waals surface area (Å²) < 4.78 is 54.8. The number of carbonyl (C=O) groups is 1. The molecule has 1 fully saturated rings. The van der Waals surface area contributed by atoms with Gasteiger partial charge in [-0.1, -0.05) is 36.4 Å². The molecular formula is C18H15F4NO2. The highest BCUT2D eigenvalue weighted by molar-refractivity contribution is 5.82. The molecule has 0 aliphatic heterocycles. The molecule has 2 aromatic carbocycles. The fraction of sp³-hybridized carbons (Fsp3) is 0.278. The molecule has 3 nitrogen and oxygen atoms in total. The van der Waals surface area contributed by atoms with Gasteiger partial charge in [0.25, 0.3) is 0 Å². The minimum atomic E-state index is -4.80. The number of hydrogen-bond donors (Lipinski definition) is 1. The highest BCUT2D eigenvalue weighted by atomic mass is 19.4. The van der Waals surface area contributed by atoms with E-state index in [4.69, 9.17) is 0 Å². The summed E-state index contributed by atoms with van der Waals surface area (Å²) in [5.41, 5.74) is 0.708. The molecule has 3 rings (SSSR count). The minimum Gasteiger partial charge on any atom is -0.405 e. The smallest absolute Gasteiger partial charge is 0.405 e. The van der Waals surface area contributed by atoms with E-state index in [0.29, 0.717) is 12.0 Å². The number of halogens is 4. The van der Waals surface area contributed by atoms with E-state index in [0.717, 1.165) is 0 Å². The van der Waals surface area contributed by atoms with Crippen molar-refractivity contribution in [3.05, 3.63) is 65.5 Å². The van der Waals surface area contributed by atoms with Crippen LogP contribution in [0.15, 0.2) is 48.5 Å². The van der Waals surface area contributed by atoms with Gasteiger partial charge >= 0.3 is 6.36 Å². The Kier molecular flexibility index (Phi) is 4.65. The molecule has 1 aliphatic rings. The largest absolute Gasteiger partial charge is 0.573 e. The molecule has 0 heterocycles. The second-order valence-corrected chi connectivity index (χ2v) is 5.84. The number of amides is 1. The molecule has 132 valence electrons. The van der Waals surface area contributed by atoms with Gasteiger partial charge in [0.2, 0.25) is 5.91 Å². The lowest BCUT2D eigenvalue weighted by atomic mass is 10.1. The molecule has 0 radical (unpaired) electrons. The Bertz CT molecular complexity index is 776. The third kappa shape index (κ3) is 4.29. The van der Waals surface area contributed by atoms with Gasteiger partial charge in [0, 0.05) is 18.0 Å². The van der Waals surface area contributed by atoms with Gasteiger partial charge in [0.1, 0.15) is 11.6 Å². The molecule has 7 heteroatoms. The highest BCUT2D eigenvalue weighted by Crippen LogP contribution is 2.48. The molecule has 1 aliphatic carbocycles. The van der Waals surface area contributed by atoms with Crippen molar-refractivity contribution in [2.75, 3.05) is 0 Å². The van der Waals surface area contributed by atoms with E-state index in [9.17, 15) is 22.4 Å². The number of benzene rings is 2. The van der Waals surface area contributed by atoms with Crippen molar-refractivity contribution in [1.29, 1.82) is 0 Å². The standard InChI is InChI=1S/C18H15F4NO2/c19-15-7-3-2-6-12(15)13-9-14(13)17(24)23-10-11-5-1-4-8-16(11)25-18(20,21)22/h1-8,13-14H,9-10H2,(H,23,24). The first-order chi connectivity index (χ1) is 11.8. The van der Waals surface area contributed by atoms with Gasteiger partial charge in [-0.2, -0.15) is 0 Å². The van der Waals surface area contributed by atoms with E-state index < -0.39 is 6.36 Å². The van der Waals surface area contributed by atoms with Crippen LogP contribution in [-0.4, -0.2) is 12.3 Å². The third-order valence-corrected chi connectivity index (χ3v) is 4.08. The zero-order valence-electron chi connectivity index (χ0n) is 13.0. The monoisotopic (exact) mass is 353 g/mol. The molecule has 2 atom stereocenters.